The second-order valence-corrected chi connectivity index (χ2v) is 9.15. The van der Waals surface area contributed by atoms with E-state index in [2.05, 4.69) is 20.6 Å². The van der Waals surface area contributed by atoms with E-state index in [0.29, 0.717) is 55.7 Å². The third-order valence-corrected chi connectivity index (χ3v) is 6.56. The molecule has 1 saturated heterocycles. The number of anilines is 1. The molecule has 2 unspecified atom stereocenters. The Morgan fingerprint density at radius 3 is 2.58 bits per heavy atom. The van der Waals surface area contributed by atoms with Gasteiger partial charge in [0.25, 0.3) is 0 Å². The van der Waals surface area contributed by atoms with Crippen LogP contribution in [-0.4, -0.2) is 66.7 Å². The molecule has 1 aliphatic rings. The molecule has 4 rings (SSSR count). The maximum absolute atomic E-state index is 13.4. The van der Waals surface area contributed by atoms with Crippen LogP contribution in [0.3, 0.4) is 0 Å². The number of para-hydroxylation sites is 1. The van der Waals surface area contributed by atoms with Crippen molar-refractivity contribution in [2.45, 2.75) is 32.0 Å². The number of nitrogens with zero attached hydrogens (tertiary/aromatic N) is 3. The molecule has 1 aromatic heterocycles. The van der Waals surface area contributed by atoms with Crippen LogP contribution in [0.15, 0.2) is 54.6 Å². The first-order valence-corrected chi connectivity index (χ1v) is 12.4. The molecule has 2 heterocycles. The van der Waals surface area contributed by atoms with Gasteiger partial charge in [0.15, 0.2) is 0 Å². The van der Waals surface area contributed by atoms with Crippen molar-refractivity contribution in [1.29, 1.82) is 0 Å². The first-order valence-electron chi connectivity index (χ1n) is 12.4. The maximum atomic E-state index is 13.4. The van der Waals surface area contributed by atoms with Crippen LogP contribution in [0.4, 0.5) is 23.8 Å². The Morgan fingerprint density at radius 1 is 1.13 bits per heavy atom. The second kappa shape index (κ2) is 11.9. The van der Waals surface area contributed by atoms with E-state index in [4.69, 9.17) is 9.47 Å². The highest BCUT2D eigenvalue weighted by Crippen LogP contribution is 2.34. The van der Waals surface area contributed by atoms with Crippen molar-refractivity contribution in [2.75, 3.05) is 45.3 Å². The lowest BCUT2D eigenvalue weighted by Crippen LogP contribution is -2.42. The fourth-order valence-electron chi connectivity index (χ4n) is 4.68. The third kappa shape index (κ3) is 6.28. The SMILES string of the molecule is CCOc1nn(-c2ccccc2)c(NC(=O)NC2CN(CCOC)CC2c2cccc(C(F)(F)F)c2)c1C. The lowest BCUT2D eigenvalue weighted by molar-refractivity contribution is -0.137. The standard InChI is InChI=1S/C27H32F3N5O3/c1-4-38-25-18(2)24(35(33-25)21-11-6-5-7-12-21)32-26(36)31-23-17-34(13-14-37-3)16-22(23)19-9-8-10-20(15-19)27(28,29)30/h5-12,15,22-23H,4,13-14,16-17H2,1-3H3,(H2,31,32,36). The molecule has 1 aliphatic heterocycles. The normalized spacial score (nSPS) is 17.9. The number of nitrogens with one attached hydrogen (secondary N) is 2. The zero-order valence-electron chi connectivity index (χ0n) is 21.6. The molecule has 0 spiro atoms. The van der Waals surface area contributed by atoms with E-state index in [0.717, 1.165) is 11.8 Å². The summed E-state index contributed by atoms with van der Waals surface area (Å²) in [6.07, 6.45) is -4.45. The van der Waals surface area contributed by atoms with Crippen LogP contribution in [0.5, 0.6) is 5.88 Å². The lowest BCUT2D eigenvalue weighted by Gasteiger charge is -2.22. The summed E-state index contributed by atoms with van der Waals surface area (Å²) in [4.78, 5) is 15.3. The van der Waals surface area contributed by atoms with Crippen molar-refractivity contribution in [3.63, 3.8) is 0 Å². The van der Waals surface area contributed by atoms with E-state index in [-0.39, 0.29) is 5.92 Å². The number of carbonyl (C=O) groups excluding carboxylic acids is 1. The summed E-state index contributed by atoms with van der Waals surface area (Å²) in [5.74, 6) is 0.515. The van der Waals surface area contributed by atoms with Gasteiger partial charge in [0.1, 0.15) is 5.82 Å². The molecule has 0 aliphatic carbocycles. The molecule has 1 fully saturated rings. The number of ether oxygens (including phenoxy) is 2. The van der Waals surface area contributed by atoms with E-state index in [9.17, 15) is 18.0 Å². The maximum Gasteiger partial charge on any atom is 0.416 e. The Bertz CT molecular complexity index is 1230. The first kappa shape index (κ1) is 27.5. The van der Waals surface area contributed by atoms with Crippen molar-refractivity contribution < 1.29 is 27.4 Å². The monoisotopic (exact) mass is 531 g/mol. The summed E-state index contributed by atoms with van der Waals surface area (Å²) in [6.45, 7) is 6.11. The van der Waals surface area contributed by atoms with Gasteiger partial charge < -0.3 is 14.8 Å². The second-order valence-electron chi connectivity index (χ2n) is 9.15. The van der Waals surface area contributed by atoms with Crippen molar-refractivity contribution in [2.24, 2.45) is 0 Å². The van der Waals surface area contributed by atoms with Crippen molar-refractivity contribution >= 4 is 11.8 Å². The summed E-state index contributed by atoms with van der Waals surface area (Å²) in [5, 5.41) is 10.4. The first-order chi connectivity index (χ1) is 18.2. The zero-order chi connectivity index (χ0) is 27.3. The summed E-state index contributed by atoms with van der Waals surface area (Å²) in [7, 11) is 1.60. The number of hydrogen-bond acceptors (Lipinski definition) is 5. The summed E-state index contributed by atoms with van der Waals surface area (Å²) < 4.78 is 52.6. The molecule has 204 valence electrons. The number of likely N-dealkylation sites (tertiary alicyclic amines) is 1. The quantitative estimate of drug-likeness (QED) is 0.413. The minimum Gasteiger partial charge on any atom is -0.477 e. The van der Waals surface area contributed by atoms with Gasteiger partial charge in [-0.15, -0.1) is 5.10 Å². The van der Waals surface area contributed by atoms with Crippen LogP contribution in [0.25, 0.3) is 5.69 Å². The van der Waals surface area contributed by atoms with Crippen molar-refractivity contribution in [3.8, 4) is 11.6 Å². The molecule has 38 heavy (non-hydrogen) atoms. The van der Waals surface area contributed by atoms with Gasteiger partial charge in [-0.1, -0.05) is 36.4 Å². The van der Waals surface area contributed by atoms with E-state index in [1.165, 1.54) is 12.1 Å². The molecule has 2 amide bonds. The van der Waals surface area contributed by atoms with Gasteiger partial charge in [0.2, 0.25) is 5.88 Å². The molecule has 2 aromatic carbocycles. The van der Waals surface area contributed by atoms with E-state index < -0.39 is 23.8 Å². The largest absolute Gasteiger partial charge is 0.477 e. The number of benzene rings is 2. The fraction of sp³-hybridized carbons (Fsp3) is 0.407. The average Bonchev–Trinajstić information content (AvgIpc) is 3.44. The number of halogens is 3. The summed E-state index contributed by atoms with van der Waals surface area (Å²) >= 11 is 0. The number of methoxy groups -OCH3 is 1. The lowest BCUT2D eigenvalue weighted by atomic mass is 9.93. The Hall–Kier alpha value is -3.57. The van der Waals surface area contributed by atoms with Gasteiger partial charge in [-0.3, -0.25) is 10.2 Å². The Balaban J connectivity index is 1.58. The van der Waals surface area contributed by atoms with Gasteiger partial charge in [-0.25, -0.2) is 9.48 Å². The number of alkyl halides is 3. The fourth-order valence-corrected chi connectivity index (χ4v) is 4.68. The molecule has 2 atom stereocenters. The highest BCUT2D eigenvalue weighted by atomic mass is 19.4. The Labute approximate surface area is 219 Å². The topological polar surface area (TPSA) is 80.6 Å². The predicted molar refractivity (Wildman–Crippen MR) is 138 cm³/mol. The highest BCUT2D eigenvalue weighted by Gasteiger charge is 2.37. The minimum atomic E-state index is -4.45. The minimum absolute atomic E-state index is 0.334. The van der Waals surface area contributed by atoms with Crippen LogP contribution >= 0.6 is 0 Å². The van der Waals surface area contributed by atoms with Gasteiger partial charge in [-0.2, -0.15) is 13.2 Å². The molecule has 0 bridgehead atoms. The zero-order valence-corrected chi connectivity index (χ0v) is 21.6. The van der Waals surface area contributed by atoms with E-state index in [1.54, 1.807) is 24.8 Å². The summed E-state index contributed by atoms with van der Waals surface area (Å²) in [5.41, 5.74) is 1.22. The molecule has 0 saturated carbocycles. The van der Waals surface area contributed by atoms with Gasteiger partial charge >= 0.3 is 12.2 Å². The molecular weight excluding hydrogens is 499 g/mol. The van der Waals surface area contributed by atoms with Crippen LogP contribution in [-0.2, 0) is 10.9 Å². The van der Waals surface area contributed by atoms with E-state index >= 15 is 0 Å². The van der Waals surface area contributed by atoms with Gasteiger partial charge in [-0.05, 0) is 37.6 Å². The van der Waals surface area contributed by atoms with Crippen LogP contribution in [0.1, 0.15) is 29.5 Å². The molecule has 11 heteroatoms. The number of amides is 2. The Kier molecular flexibility index (Phi) is 8.58. The molecule has 3 aromatic rings. The molecular formula is C27H32F3N5O3. The van der Waals surface area contributed by atoms with Crippen molar-refractivity contribution in [3.05, 3.63) is 71.3 Å². The van der Waals surface area contributed by atoms with E-state index in [1.807, 2.05) is 37.3 Å². The number of rotatable bonds is 9. The molecule has 8 nitrogen and oxygen atoms in total. The number of aromatic nitrogens is 2. The number of urea groups is 1. The number of carbonyl (C=O) groups is 1. The summed E-state index contributed by atoms with van der Waals surface area (Å²) in [6, 6.07) is 13.7. The number of hydrogen-bond donors (Lipinski definition) is 2. The highest BCUT2D eigenvalue weighted by molar-refractivity contribution is 5.90. The van der Waals surface area contributed by atoms with Gasteiger partial charge in [0, 0.05) is 32.7 Å². The Morgan fingerprint density at radius 2 is 1.89 bits per heavy atom. The van der Waals surface area contributed by atoms with Crippen molar-refractivity contribution in [1.82, 2.24) is 20.0 Å². The predicted octanol–water partition coefficient (Wildman–Crippen LogP) is 4.83. The molecule has 2 N–H and O–H groups in total. The molecule has 0 radical (unpaired) electrons. The third-order valence-electron chi connectivity index (χ3n) is 6.56. The van der Waals surface area contributed by atoms with Crippen LogP contribution in [0.2, 0.25) is 0 Å². The average molecular weight is 532 g/mol. The van der Waals surface area contributed by atoms with Crippen LogP contribution in [0, 0.1) is 6.92 Å². The van der Waals surface area contributed by atoms with Crippen LogP contribution < -0.4 is 15.4 Å². The van der Waals surface area contributed by atoms with Gasteiger partial charge in [0.05, 0.1) is 36.1 Å². The smallest absolute Gasteiger partial charge is 0.416 e.